The van der Waals surface area contributed by atoms with Crippen LogP contribution in [0.3, 0.4) is 0 Å². The molecule has 0 spiro atoms. The number of aromatic nitrogens is 1. The average Bonchev–Trinajstić information content (AvgIpc) is 2.41. The highest BCUT2D eigenvalue weighted by atomic mass is 16.5. The van der Waals surface area contributed by atoms with E-state index in [1.807, 2.05) is 0 Å². The zero-order chi connectivity index (χ0) is 13.0. The van der Waals surface area contributed by atoms with Gasteiger partial charge in [-0.05, 0) is 18.2 Å². The number of ether oxygens (including phenoxy) is 1. The molecule has 5 heteroatoms. The maximum absolute atomic E-state index is 10.2. The van der Waals surface area contributed by atoms with E-state index in [1.54, 1.807) is 18.5 Å². The fourth-order valence-corrected chi connectivity index (χ4v) is 2.22. The van der Waals surface area contributed by atoms with Gasteiger partial charge in [-0.15, -0.1) is 0 Å². The van der Waals surface area contributed by atoms with Gasteiger partial charge in [-0.25, -0.2) is 0 Å². The number of anilines is 1. The molecule has 2 heterocycles. The van der Waals surface area contributed by atoms with E-state index in [-0.39, 0.29) is 6.10 Å². The van der Waals surface area contributed by atoms with Gasteiger partial charge in [0.1, 0.15) is 0 Å². The third-order valence-corrected chi connectivity index (χ3v) is 3.42. The first-order valence-corrected chi connectivity index (χ1v) is 6.41. The lowest BCUT2D eigenvalue weighted by molar-refractivity contribution is -0.0867. The molecule has 100 valence electrons. The molecule has 0 aromatic carbocycles. The molecular formula is C13H21N3O2. The first-order valence-electron chi connectivity index (χ1n) is 6.41. The standard InChI is InChI=1S/C13H21N3O2/c1-2-16-5-6-18-13(9-16)12(17)7-10-8-15-4-3-11(10)14/h3-4,8,12-13,17H,2,5-7,9H2,1H3,(H2,14,15). The smallest absolute Gasteiger partial charge is 0.0964 e. The molecule has 18 heavy (non-hydrogen) atoms. The highest BCUT2D eigenvalue weighted by Crippen LogP contribution is 2.16. The van der Waals surface area contributed by atoms with Gasteiger partial charge in [0.25, 0.3) is 0 Å². The lowest BCUT2D eigenvalue weighted by Gasteiger charge is -2.34. The first-order chi connectivity index (χ1) is 8.70. The van der Waals surface area contributed by atoms with Gasteiger partial charge in [0.15, 0.2) is 0 Å². The Labute approximate surface area is 108 Å². The van der Waals surface area contributed by atoms with Gasteiger partial charge >= 0.3 is 0 Å². The van der Waals surface area contributed by atoms with Crippen LogP contribution in [0.1, 0.15) is 12.5 Å². The molecule has 1 aliphatic rings. The van der Waals surface area contributed by atoms with Crippen molar-refractivity contribution in [3.05, 3.63) is 24.0 Å². The molecule has 1 fully saturated rings. The molecule has 0 bridgehead atoms. The Hall–Kier alpha value is -1.17. The molecule has 0 saturated carbocycles. The molecule has 1 aromatic heterocycles. The van der Waals surface area contributed by atoms with Gasteiger partial charge in [0, 0.05) is 37.6 Å². The largest absolute Gasteiger partial charge is 0.398 e. The normalized spacial score (nSPS) is 22.9. The van der Waals surface area contributed by atoms with Crippen molar-refractivity contribution in [1.29, 1.82) is 0 Å². The van der Waals surface area contributed by atoms with Crippen LogP contribution in [0.2, 0.25) is 0 Å². The number of aliphatic hydroxyl groups excluding tert-OH is 1. The van der Waals surface area contributed by atoms with Crippen molar-refractivity contribution in [1.82, 2.24) is 9.88 Å². The van der Waals surface area contributed by atoms with Crippen LogP contribution in [0.15, 0.2) is 18.5 Å². The summed E-state index contributed by atoms with van der Waals surface area (Å²) >= 11 is 0. The molecule has 1 aliphatic heterocycles. The van der Waals surface area contributed by atoms with Crippen LogP contribution < -0.4 is 5.73 Å². The summed E-state index contributed by atoms with van der Waals surface area (Å²) < 4.78 is 5.63. The highest BCUT2D eigenvalue weighted by Gasteiger charge is 2.26. The van der Waals surface area contributed by atoms with Crippen molar-refractivity contribution < 1.29 is 9.84 Å². The summed E-state index contributed by atoms with van der Waals surface area (Å²) in [4.78, 5) is 6.31. The molecule has 0 radical (unpaired) electrons. The highest BCUT2D eigenvalue weighted by molar-refractivity contribution is 5.44. The second kappa shape index (κ2) is 6.13. The van der Waals surface area contributed by atoms with Crippen molar-refractivity contribution >= 4 is 5.69 Å². The number of rotatable bonds is 4. The van der Waals surface area contributed by atoms with Gasteiger partial charge in [0.2, 0.25) is 0 Å². The Morgan fingerprint density at radius 3 is 3.22 bits per heavy atom. The molecule has 1 saturated heterocycles. The van der Waals surface area contributed by atoms with Gasteiger partial charge in [0.05, 0.1) is 18.8 Å². The quantitative estimate of drug-likeness (QED) is 0.804. The Morgan fingerprint density at radius 1 is 1.67 bits per heavy atom. The van der Waals surface area contributed by atoms with E-state index >= 15 is 0 Å². The second-order valence-electron chi connectivity index (χ2n) is 4.65. The number of morpholine rings is 1. The Balaban J connectivity index is 1.95. The number of nitrogens with two attached hydrogens (primary N) is 1. The minimum absolute atomic E-state index is 0.140. The van der Waals surface area contributed by atoms with E-state index in [9.17, 15) is 5.11 Å². The summed E-state index contributed by atoms with van der Waals surface area (Å²) in [6.07, 6.45) is 3.17. The summed E-state index contributed by atoms with van der Waals surface area (Å²) in [5.74, 6) is 0. The lowest BCUT2D eigenvalue weighted by Crippen LogP contribution is -2.48. The number of hydrogen-bond acceptors (Lipinski definition) is 5. The fraction of sp³-hybridized carbons (Fsp3) is 0.615. The zero-order valence-electron chi connectivity index (χ0n) is 10.7. The topological polar surface area (TPSA) is 71.6 Å². The van der Waals surface area contributed by atoms with Crippen molar-refractivity contribution in [2.45, 2.75) is 25.6 Å². The van der Waals surface area contributed by atoms with Crippen LogP contribution in [0.25, 0.3) is 0 Å². The van der Waals surface area contributed by atoms with E-state index < -0.39 is 6.10 Å². The number of hydrogen-bond donors (Lipinski definition) is 2. The average molecular weight is 251 g/mol. The van der Waals surface area contributed by atoms with Gasteiger partial charge in [-0.3, -0.25) is 9.88 Å². The number of pyridine rings is 1. The number of likely N-dealkylation sites (N-methyl/N-ethyl adjacent to an activating group) is 1. The van der Waals surface area contributed by atoms with Crippen LogP contribution in [0.5, 0.6) is 0 Å². The summed E-state index contributed by atoms with van der Waals surface area (Å²) in [5, 5.41) is 10.2. The minimum atomic E-state index is -0.536. The fourth-order valence-electron chi connectivity index (χ4n) is 2.22. The SMILES string of the molecule is CCN1CCOC(C(O)Cc2cnccc2N)C1. The lowest BCUT2D eigenvalue weighted by atomic mass is 10.0. The van der Waals surface area contributed by atoms with Crippen molar-refractivity contribution in [2.24, 2.45) is 0 Å². The summed E-state index contributed by atoms with van der Waals surface area (Å²) in [6, 6.07) is 1.75. The number of nitrogen functional groups attached to an aromatic ring is 1. The maximum atomic E-state index is 10.2. The third kappa shape index (κ3) is 3.19. The predicted molar refractivity (Wildman–Crippen MR) is 70.2 cm³/mol. The molecule has 2 unspecified atom stereocenters. The maximum Gasteiger partial charge on any atom is 0.0964 e. The van der Waals surface area contributed by atoms with Crippen LogP contribution >= 0.6 is 0 Å². The molecule has 0 aliphatic carbocycles. The molecular weight excluding hydrogens is 230 g/mol. The van der Waals surface area contributed by atoms with Gasteiger partial charge in [-0.1, -0.05) is 6.92 Å². The molecule has 0 amide bonds. The molecule has 2 rings (SSSR count). The molecule has 3 N–H and O–H groups in total. The Kier molecular flexibility index (Phi) is 4.52. The van der Waals surface area contributed by atoms with Crippen molar-refractivity contribution in [3.63, 3.8) is 0 Å². The summed E-state index contributed by atoms with van der Waals surface area (Å²) in [5.41, 5.74) is 7.40. The van der Waals surface area contributed by atoms with E-state index in [0.717, 1.165) is 25.2 Å². The summed E-state index contributed by atoms with van der Waals surface area (Å²) in [7, 11) is 0. The molecule has 1 aromatic rings. The van der Waals surface area contributed by atoms with Crippen LogP contribution in [0, 0.1) is 0 Å². The molecule has 2 atom stereocenters. The van der Waals surface area contributed by atoms with E-state index in [4.69, 9.17) is 10.5 Å². The van der Waals surface area contributed by atoms with E-state index in [0.29, 0.717) is 18.7 Å². The van der Waals surface area contributed by atoms with Gasteiger partial charge in [-0.2, -0.15) is 0 Å². The van der Waals surface area contributed by atoms with Crippen molar-refractivity contribution in [2.75, 3.05) is 32.0 Å². The number of aliphatic hydroxyl groups is 1. The van der Waals surface area contributed by atoms with Crippen LogP contribution in [-0.2, 0) is 11.2 Å². The minimum Gasteiger partial charge on any atom is -0.398 e. The Morgan fingerprint density at radius 2 is 2.50 bits per heavy atom. The predicted octanol–water partition coefficient (Wildman–Crippen LogP) is 0.288. The van der Waals surface area contributed by atoms with Crippen LogP contribution in [-0.4, -0.2) is 53.4 Å². The third-order valence-electron chi connectivity index (χ3n) is 3.42. The van der Waals surface area contributed by atoms with Crippen molar-refractivity contribution in [3.8, 4) is 0 Å². The second-order valence-corrected chi connectivity index (χ2v) is 4.65. The molecule has 5 nitrogen and oxygen atoms in total. The number of nitrogens with zero attached hydrogens (tertiary/aromatic N) is 2. The Bertz CT molecular complexity index is 386. The van der Waals surface area contributed by atoms with Gasteiger partial charge < -0.3 is 15.6 Å². The van der Waals surface area contributed by atoms with Crippen LogP contribution in [0.4, 0.5) is 5.69 Å². The van der Waals surface area contributed by atoms with E-state index in [1.165, 1.54) is 0 Å². The zero-order valence-corrected chi connectivity index (χ0v) is 10.7. The first kappa shape index (κ1) is 13.3. The summed E-state index contributed by atoms with van der Waals surface area (Å²) in [6.45, 7) is 5.50. The van der Waals surface area contributed by atoms with E-state index in [2.05, 4.69) is 16.8 Å². The monoisotopic (exact) mass is 251 g/mol.